The lowest BCUT2D eigenvalue weighted by molar-refractivity contribution is -0.0628. The first-order valence-corrected chi connectivity index (χ1v) is 9.63. The molecule has 2 heterocycles. The Morgan fingerprint density at radius 2 is 1.81 bits per heavy atom. The molecule has 2 aromatic rings. The number of nitrogens with zero attached hydrogens (tertiary/aromatic N) is 5. The highest BCUT2D eigenvalue weighted by Gasteiger charge is 2.45. The first-order chi connectivity index (χ1) is 13.1. The van der Waals surface area contributed by atoms with Gasteiger partial charge in [-0.05, 0) is 41.7 Å². The molecule has 1 aromatic heterocycles. The van der Waals surface area contributed by atoms with Crippen molar-refractivity contribution < 1.29 is 13.9 Å². The van der Waals surface area contributed by atoms with Crippen molar-refractivity contribution in [2.24, 2.45) is 0 Å². The Labute approximate surface area is 157 Å². The maximum atomic E-state index is 13.6. The van der Waals surface area contributed by atoms with Crippen molar-refractivity contribution in [2.75, 3.05) is 6.61 Å². The van der Waals surface area contributed by atoms with E-state index in [-0.39, 0.29) is 37.6 Å². The van der Waals surface area contributed by atoms with Gasteiger partial charge in [-0.3, -0.25) is 4.90 Å². The summed E-state index contributed by atoms with van der Waals surface area (Å²) in [5.41, 5.74) is 1.10. The number of benzene rings is 1. The number of aliphatic hydroxyl groups is 1. The number of tetrazole rings is 1. The lowest BCUT2D eigenvalue weighted by Crippen LogP contribution is -2.46. The molecule has 1 aliphatic carbocycles. The van der Waals surface area contributed by atoms with Crippen LogP contribution in [0.1, 0.15) is 56.0 Å². The Morgan fingerprint density at radius 1 is 1.07 bits per heavy atom. The monoisotopic (exact) mass is 377 g/mol. The molecule has 4 rings (SSSR count). The van der Waals surface area contributed by atoms with E-state index >= 15 is 0 Å². The summed E-state index contributed by atoms with van der Waals surface area (Å²) in [6.45, 7) is 0.601. The van der Waals surface area contributed by atoms with Gasteiger partial charge in [-0.25, -0.2) is 13.5 Å². The first-order valence-electron chi connectivity index (χ1n) is 9.63. The summed E-state index contributed by atoms with van der Waals surface area (Å²) in [7, 11) is 0. The molecular formula is C19H25F2N5O. The quantitative estimate of drug-likeness (QED) is 0.868. The average molecular weight is 377 g/mol. The van der Waals surface area contributed by atoms with Crippen LogP contribution in [0.5, 0.6) is 0 Å². The van der Waals surface area contributed by atoms with E-state index in [1.54, 1.807) is 4.68 Å². The molecule has 2 fully saturated rings. The summed E-state index contributed by atoms with van der Waals surface area (Å²) in [4.78, 5) is 2.21. The number of likely N-dealkylation sites (tertiary alicyclic amines) is 1. The predicted octanol–water partition coefficient (Wildman–Crippen LogP) is 2.80. The highest BCUT2D eigenvalue weighted by molar-refractivity contribution is 5.15. The van der Waals surface area contributed by atoms with Crippen molar-refractivity contribution in [3.63, 3.8) is 0 Å². The molecule has 2 atom stereocenters. The van der Waals surface area contributed by atoms with Gasteiger partial charge in [0.05, 0.1) is 19.2 Å². The molecule has 1 N–H and O–H groups in total. The SMILES string of the molecule is OC[C@@H]1CC[C@@H](c2nnnn2Cc2ccccc2)N1C1CCC(F)(F)CC1. The van der Waals surface area contributed by atoms with Gasteiger partial charge in [0.15, 0.2) is 5.82 Å². The van der Waals surface area contributed by atoms with E-state index < -0.39 is 5.92 Å². The van der Waals surface area contributed by atoms with Gasteiger partial charge in [-0.1, -0.05) is 30.3 Å². The van der Waals surface area contributed by atoms with Crippen LogP contribution >= 0.6 is 0 Å². The Bertz CT molecular complexity index is 744. The summed E-state index contributed by atoms with van der Waals surface area (Å²) in [5.74, 6) is -1.80. The van der Waals surface area contributed by atoms with Gasteiger partial charge >= 0.3 is 0 Å². The van der Waals surface area contributed by atoms with E-state index in [1.807, 2.05) is 30.3 Å². The minimum atomic E-state index is -2.56. The molecule has 27 heavy (non-hydrogen) atoms. The standard InChI is InChI=1S/C19H25F2N5O/c20-19(21)10-8-15(9-11-19)26-16(13-27)6-7-17(26)18-22-23-24-25(18)12-14-4-2-1-3-5-14/h1-5,15-17,27H,6-13H2/t16-,17-/m0/s1. The molecule has 0 bridgehead atoms. The molecule has 0 radical (unpaired) electrons. The van der Waals surface area contributed by atoms with Crippen molar-refractivity contribution >= 4 is 0 Å². The van der Waals surface area contributed by atoms with Gasteiger partial charge in [-0.15, -0.1) is 5.10 Å². The molecule has 1 aliphatic heterocycles. The number of halogens is 2. The number of hydrogen-bond donors (Lipinski definition) is 1. The zero-order chi connectivity index (χ0) is 18.9. The van der Waals surface area contributed by atoms with E-state index in [0.29, 0.717) is 19.4 Å². The van der Waals surface area contributed by atoms with Crippen molar-refractivity contribution in [2.45, 2.75) is 69.1 Å². The Hall–Kier alpha value is -1.93. The Kier molecular flexibility index (Phi) is 5.19. The van der Waals surface area contributed by atoms with Crippen molar-refractivity contribution in [3.05, 3.63) is 41.7 Å². The third-order valence-corrected chi connectivity index (χ3v) is 5.91. The minimum Gasteiger partial charge on any atom is -0.395 e. The van der Waals surface area contributed by atoms with Crippen LogP contribution < -0.4 is 0 Å². The third kappa shape index (κ3) is 3.87. The molecule has 0 amide bonds. The van der Waals surface area contributed by atoms with Crippen LogP contribution in [0.3, 0.4) is 0 Å². The van der Waals surface area contributed by atoms with Crippen LogP contribution in [-0.4, -0.2) is 54.8 Å². The van der Waals surface area contributed by atoms with Gasteiger partial charge in [0.25, 0.3) is 0 Å². The van der Waals surface area contributed by atoms with Crippen molar-refractivity contribution in [1.29, 1.82) is 0 Å². The lowest BCUT2D eigenvalue weighted by Gasteiger charge is -2.40. The van der Waals surface area contributed by atoms with Gasteiger partial charge in [-0.2, -0.15) is 0 Å². The van der Waals surface area contributed by atoms with Gasteiger partial charge in [0.1, 0.15) is 0 Å². The molecule has 1 aromatic carbocycles. The van der Waals surface area contributed by atoms with E-state index in [1.165, 1.54) is 0 Å². The van der Waals surface area contributed by atoms with E-state index in [0.717, 1.165) is 24.2 Å². The number of aromatic nitrogens is 4. The minimum absolute atomic E-state index is 0.0198. The fraction of sp³-hybridized carbons (Fsp3) is 0.632. The van der Waals surface area contributed by atoms with Gasteiger partial charge in [0, 0.05) is 24.9 Å². The largest absolute Gasteiger partial charge is 0.395 e. The Morgan fingerprint density at radius 3 is 2.52 bits per heavy atom. The number of rotatable bonds is 5. The van der Waals surface area contributed by atoms with E-state index in [9.17, 15) is 13.9 Å². The van der Waals surface area contributed by atoms with Gasteiger partial charge < -0.3 is 5.11 Å². The lowest BCUT2D eigenvalue weighted by atomic mass is 9.90. The zero-order valence-corrected chi connectivity index (χ0v) is 15.2. The fourth-order valence-corrected chi connectivity index (χ4v) is 4.55. The van der Waals surface area contributed by atoms with Crippen LogP contribution in [0.2, 0.25) is 0 Å². The van der Waals surface area contributed by atoms with Crippen LogP contribution in [0.25, 0.3) is 0 Å². The van der Waals surface area contributed by atoms with Gasteiger partial charge in [0.2, 0.25) is 5.92 Å². The van der Waals surface area contributed by atoms with Crippen LogP contribution in [0, 0.1) is 0 Å². The van der Waals surface area contributed by atoms with E-state index in [2.05, 4.69) is 20.4 Å². The number of alkyl halides is 2. The zero-order valence-electron chi connectivity index (χ0n) is 15.2. The summed E-state index contributed by atoms with van der Waals surface area (Å²) in [5, 5.41) is 22.1. The second kappa shape index (κ2) is 7.59. The van der Waals surface area contributed by atoms with Crippen LogP contribution in [-0.2, 0) is 6.54 Å². The summed E-state index contributed by atoms with van der Waals surface area (Å²) >= 11 is 0. The van der Waals surface area contributed by atoms with Crippen molar-refractivity contribution in [1.82, 2.24) is 25.1 Å². The van der Waals surface area contributed by atoms with Crippen LogP contribution in [0.15, 0.2) is 30.3 Å². The molecule has 6 nitrogen and oxygen atoms in total. The molecule has 1 saturated heterocycles. The number of hydrogen-bond acceptors (Lipinski definition) is 5. The summed E-state index contributed by atoms with van der Waals surface area (Å²) in [6.07, 6.45) is 2.36. The molecule has 2 aliphatic rings. The topological polar surface area (TPSA) is 67.1 Å². The smallest absolute Gasteiger partial charge is 0.248 e. The molecule has 8 heteroatoms. The van der Waals surface area contributed by atoms with Crippen molar-refractivity contribution in [3.8, 4) is 0 Å². The highest BCUT2D eigenvalue weighted by Crippen LogP contribution is 2.43. The maximum absolute atomic E-state index is 13.6. The summed E-state index contributed by atoms with van der Waals surface area (Å²) in [6, 6.07) is 9.95. The summed E-state index contributed by atoms with van der Waals surface area (Å²) < 4.78 is 29.0. The molecular weight excluding hydrogens is 352 g/mol. The Balaban J connectivity index is 1.56. The normalized spacial score (nSPS) is 26.5. The third-order valence-electron chi connectivity index (χ3n) is 5.91. The average Bonchev–Trinajstić information content (AvgIpc) is 3.29. The molecule has 0 unspecified atom stereocenters. The fourth-order valence-electron chi connectivity index (χ4n) is 4.55. The van der Waals surface area contributed by atoms with Crippen LogP contribution in [0.4, 0.5) is 8.78 Å². The molecule has 146 valence electrons. The highest BCUT2D eigenvalue weighted by atomic mass is 19.3. The second-order valence-corrected chi connectivity index (χ2v) is 7.64. The second-order valence-electron chi connectivity index (χ2n) is 7.64. The first kappa shape index (κ1) is 18.4. The number of aliphatic hydroxyl groups excluding tert-OH is 1. The molecule has 1 saturated carbocycles. The van der Waals surface area contributed by atoms with E-state index in [4.69, 9.17) is 0 Å². The predicted molar refractivity (Wildman–Crippen MR) is 95.3 cm³/mol. The maximum Gasteiger partial charge on any atom is 0.248 e. The molecule has 0 spiro atoms.